The summed E-state index contributed by atoms with van der Waals surface area (Å²) in [6, 6.07) is 15.7. The Bertz CT molecular complexity index is 1040. The summed E-state index contributed by atoms with van der Waals surface area (Å²) in [6.07, 6.45) is 0.761. The van der Waals surface area contributed by atoms with Crippen LogP contribution in [0.4, 0.5) is 11.4 Å². The van der Waals surface area contributed by atoms with E-state index < -0.39 is 5.97 Å². The Kier molecular flexibility index (Phi) is 8.24. The van der Waals surface area contributed by atoms with Gasteiger partial charge in [0, 0.05) is 36.4 Å². The van der Waals surface area contributed by atoms with Crippen LogP contribution in [0.3, 0.4) is 0 Å². The van der Waals surface area contributed by atoms with E-state index in [1.165, 1.54) is 6.07 Å². The smallest absolute Gasteiger partial charge is 0.337 e. The average molecular weight is 455 g/mol. The first-order chi connectivity index (χ1) is 15.5. The quantitative estimate of drug-likeness (QED) is 0.407. The van der Waals surface area contributed by atoms with E-state index in [-0.39, 0.29) is 11.5 Å². The number of carboxylic acids is 1. The second kappa shape index (κ2) is 11.3. The summed E-state index contributed by atoms with van der Waals surface area (Å²) < 4.78 is 10.3. The molecule has 0 fully saturated rings. The zero-order chi connectivity index (χ0) is 22.9. The van der Waals surface area contributed by atoms with Gasteiger partial charge in [0.2, 0.25) is 0 Å². The van der Waals surface area contributed by atoms with Crippen LogP contribution in [0.25, 0.3) is 0 Å². The Morgan fingerprint density at radius 3 is 2.50 bits per heavy atom. The van der Waals surface area contributed by atoms with Crippen LogP contribution in [0.1, 0.15) is 32.0 Å². The lowest BCUT2D eigenvalue weighted by atomic mass is 10.1. The van der Waals surface area contributed by atoms with Gasteiger partial charge in [0.05, 0.1) is 24.9 Å². The van der Waals surface area contributed by atoms with Crippen LogP contribution in [0.5, 0.6) is 5.75 Å². The van der Waals surface area contributed by atoms with E-state index in [0.717, 1.165) is 11.3 Å². The van der Waals surface area contributed by atoms with Crippen molar-refractivity contribution in [1.82, 2.24) is 0 Å². The van der Waals surface area contributed by atoms with E-state index in [0.29, 0.717) is 42.4 Å². The molecule has 2 N–H and O–H groups in total. The fraction of sp³-hybridized carbons (Fsp3) is 0.250. The number of nitrogens with zero attached hydrogens (tertiary/aromatic N) is 1. The molecule has 1 heterocycles. The van der Waals surface area contributed by atoms with E-state index in [4.69, 9.17) is 9.47 Å². The van der Waals surface area contributed by atoms with Crippen LogP contribution in [-0.4, -0.2) is 44.4 Å². The Balaban J connectivity index is 1.83. The molecule has 0 aliphatic carbocycles. The predicted molar refractivity (Wildman–Crippen MR) is 126 cm³/mol. The Labute approximate surface area is 191 Å². The van der Waals surface area contributed by atoms with Crippen molar-refractivity contribution >= 4 is 34.6 Å². The number of carboxylic acid groups (broad SMARTS) is 1. The van der Waals surface area contributed by atoms with Crippen molar-refractivity contribution in [2.24, 2.45) is 0 Å². The molecule has 0 bridgehead atoms. The highest BCUT2D eigenvalue weighted by atomic mass is 32.1. The topological polar surface area (TPSA) is 88.1 Å². The van der Waals surface area contributed by atoms with Crippen molar-refractivity contribution in [3.8, 4) is 5.75 Å². The fourth-order valence-electron chi connectivity index (χ4n) is 3.28. The van der Waals surface area contributed by atoms with Crippen LogP contribution in [-0.2, 0) is 11.3 Å². The lowest BCUT2D eigenvalue weighted by Crippen LogP contribution is -2.26. The van der Waals surface area contributed by atoms with Crippen molar-refractivity contribution in [3.63, 3.8) is 0 Å². The second-order valence-electron chi connectivity index (χ2n) is 7.07. The molecule has 0 saturated heterocycles. The molecule has 2 aromatic carbocycles. The molecule has 0 unspecified atom stereocenters. The molecule has 1 amide bonds. The molecule has 0 aliphatic heterocycles. The minimum Gasteiger partial charge on any atom is -0.497 e. The number of methoxy groups -OCH3 is 2. The minimum atomic E-state index is -1.05. The molecule has 168 valence electrons. The first-order valence-corrected chi connectivity index (χ1v) is 11.0. The van der Waals surface area contributed by atoms with Crippen molar-refractivity contribution in [2.75, 3.05) is 37.6 Å². The summed E-state index contributed by atoms with van der Waals surface area (Å²) >= 11 is 1.62. The van der Waals surface area contributed by atoms with Crippen molar-refractivity contribution in [2.45, 2.75) is 13.0 Å². The third-order valence-electron chi connectivity index (χ3n) is 4.88. The molecule has 32 heavy (non-hydrogen) atoms. The van der Waals surface area contributed by atoms with Gasteiger partial charge in [-0.25, -0.2) is 4.79 Å². The summed E-state index contributed by atoms with van der Waals surface area (Å²) in [5.74, 6) is -0.728. The summed E-state index contributed by atoms with van der Waals surface area (Å²) in [6.45, 7) is 1.82. The SMILES string of the molecule is COCCCN(Cc1cccs1)c1ccc(NC(=O)c2ccc(OC)cc2)cc1C(=O)O. The van der Waals surface area contributed by atoms with Gasteiger partial charge in [-0.2, -0.15) is 0 Å². The zero-order valence-corrected chi connectivity index (χ0v) is 18.9. The number of benzene rings is 2. The molecule has 1 aromatic heterocycles. The first-order valence-electron chi connectivity index (χ1n) is 10.1. The number of carbonyl (C=O) groups is 2. The number of aromatic carboxylic acids is 1. The highest BCUT2D eigenvalue weighted by Gasteiger charge is 2.18. The van der Waals surface area contributed by atoms with Crippen LogP contribution in [0.15, 0.2) is 60.0 Å². The van der Waals surface area contributed by atoms with Gasteiger partial charge < -0.3 is 24.8 Å². The number of hydrogen-bond acceptors (Lipinski definition) is 6. The van der Waals surface area contributed by atoms with Gasteiger partial charge in [-0.1, -0.05) is 6.07 Å². The van der Waals surface area contributed by atoms with Gasteiger partial charge >= 0.3 is 5.97 Å². The number of anilines is 2. The number of carbonyl (C=O) groups excluding carboxylic acids is 1. The van der Waals surface area contributed by atoms with E-state index in [2.05, 4.69) is 5.32 Å². The number of hydrogen-bond donors (Lipinski definition) is 2. The van der Waals surface area contributed by atoms with Crippen LogP contribution in [0, 0.1) is 0 Å². The number of thiophene rings is 1. The molecule has 0 spiro atoms. The second-order valence-corrected chi connectivity index (χ2v) is 8.10. The van der Waals surface area contributed by atoms with Gasteiger partial charge in [-0.15, -0.1) is 11.3 Å². The molecule has 0 saturated carbocycles. The maximum absolute atomic E-state index is 12.6. The molecule has 7 nitrogen and oxygen atoms in total. The third kappa shape index (κ3) is 6.09. The molecule has 3 aromatic rings. The highest BCUT2D eigenvalue weighted by molar-refractivity contribution is 7.09. The van der Waals surface area contributed by atoms with E-state index in [1.54, 1.807) is 62.0 Å². The molecule has 3 rings (SSSR count). The van der Waals surface area contributed by atoms with Crippen molar-refractivity contribution in [3.05, 3.63) is 76.0 Å². The number of ether oxygens (including phenoxy) is 2. The van der Waals surface area contributed by atoms with E-state index in [9.17, 15) is 14.7 Å². The van der Waals surface area contributed by atoms with Gasteiger partial charge in [0.15, 0.2) is 0 Å². The fourth-order valence-corrected chi connectivity index (χ4v) is 4.00. The van der Waals surface area contributed by atoms with E-state index in [1.807, 2.05) is 22.4 Å². The number of amides is 1. The monoisotopic (exact) mass is 454 g/mol. The van der Waals surface area contributed by atoms with Gasteiger partial charge in [0.25, 0.3) is 5.91 Å². The normalized spacial score (nSPS) is 10.6. The number of rotatable bonds is 11. The molecular weight excluding hydrogens is 428 g/mol. The Morgan fingerprint density at radius 1 is 1.09 bits per heavy atom. The molecule has 0 aliphatic rings. The molecule has 0 atom stereocenters. The summed E-state index contributed by atoms with van der Waals surface area (Å²) in [4.78, 5) is 27.8. The van der Waals surface area contributed by atoms with Crippen molar-refractivity contribution in [1.29, 1.82) is 0 Å². The average Bonchev–Trinajstić information content (AvgIpc) is 3.32. The van der Waals surface area contributed by atoms with Crippen LogP contribution < -0.4 is 15.0 Å². The Hall–Kier alpha value is -3.36. The van der Waals surface area contributed by atoms with Crippen molar-refractivity contribution < 1.29 is 24.2 Å². The van der Waals surface area contributed by atoms with Gasteiger partial charge in [-0.3, -0.25) is 4.79 Å². The number of nitrogens with one attached hydrogen (secondary N) is 1. The maximum atomic E-state index is 12.6. The lowest BCUT2D eigenvalue weighted by molar-refractivity contribution is 0.0697. The summed E-state index contributed by atoms with van der Waals surface area (Å²) in [5, 5.41) is 14.6. The highest BCUT2D eigenvalue weighted by Crippen LogP contribution is 2.28. The standard InChI is InChI=1S/C24H26N2O5S/c1-30-13-4-12-26(16-20-5-3-14-32-20)22-11-8-18(15-21(22)24(28)29)25-23(27)17-6-9-19(31-2)10-7-17/h3,5-11,14-15H,4,12-13,16H2,1-2H3,(H,25,27)(H,28,29). The zero-order valence-electron chi connectivity index (χ0n) is 18.0. The molecule has 0 radical (unpaired) electrons. The largest absolute Gasteiger partial charge is 0.497 e. The third-order valence-corrected chi connectivity index (χ3v) is 5.74. The van der Waals surface area contributed by atoms with Gasteiger partial charge in [-0.05, 0) is 60.3 Å². The lowest BCUT2D eigenvalue weighted by Gasteiger charge is -2.26. The molecular formula is C24H26N2O5S. The van der Waals surface area contributed by atoms with E-state index >= 15 is 0 Å². The van der Waals surface area contributed by atoms with Crippen LogP contribution >= 0.6 is 11.3 Å². The Morgan fingerprint density at radius 2 is 1.88 bits per heavy atom. The first kappa shape index (κ1) is 23.3. The summed E-state index contributed by atoms with van der Waals surface area (Å²) in [7, 11) is 3.20. The van der Waals surface area contributed by atoms with Crippen LogP contribution in [0.2, 0.25) is 0 Å². The maximum Gasteiger partial charge on any atom is 0.337 e. The minimum absolute atomic E-state index is 0.131. The van der Waals surface area contributed by atoms with Gasteiger partial charge in [0.1, 0.15) is 5.75 Å². The summed E-state index contributed by atoms with van der Waals surface area (Å²) in [5.41, 5.74) is 1.60. The predicted octanol–water partition coefficient (Wildman–Crippen LogP) is 4.75. The molecule has 8 heteroatoms.